The number of nitrogens with one attached hydrogen (secondary N) is 1. The van der Waals surface area contributed by atoms with E-state index in [1.54, 1.807) is 0 Å². The van der Waals surface area contributed by atoms with E-state index in [9.17, 15) is 4.79 Å². The molecule has 19 heavy (non-hydrogen) atoms. The van der Waals surface area contributed by atoms with Crippen molar-refractivity contribution >= 4 is 28.6 Å². The summed E-state index contributed by atoms with van der Waals surface area (Å²) in [6, 6.07) is 10.0. The number of aromatic nitrogens is 2. The van der Waals surface area contributed by atoms with E-state index in [-0.39, 0.29) is 12.5 Å². The Kier molecular flexibility index (Phi) is 4.77. The molecule has 0 bridgehead atoms. The van der Waals surface area contributed by atoms with Crippen LogP contribution in [0.15, 0.2) is 36.4 Å². The summed E-state index contributed by atoms with van der Waals surface area (Å²) in [5.74, 6) is 0.423. The van der Waals surface area contributed by atoms with Crippen LogP contribution in [-0.4, -0.2) is 21.8 Å². The summed E-state index contributed by atoms with van der Waals surface area (Å²) < 4.78 is 4.16. The zero-order valence-corrected chi connectivity index (χ0v) is 11.1. The van der Waals surface area contributed by atoms with Crippen molar-refractivity contribution in [2.75, 3.05) is 11.9 Å². The fourth-order valence-corrected chi connectivity index (χ4v) is 2.04. The van der Waals surface area contributed by atoms with E-state index < -0.39 is 0 Å². The number of benzene rings is 1. The Morgan fingerprint density at radius 2 is 2.16 bits per heavy atom. The smallest absolute Gasteiger partial charge is 0.239 e. The van der Waals surface area contributed by atoms with Gasteiger partial charge < -0.3 is 5.73 Å². The number of hydrogen-bond donors (Lipinski definition) is 2. The van der Waals surface area contributed by atoms with Gasteiger partial charge in [0.1, 0.15) is 5.82 Å². The Labute approximate surface area is 115 Å². The monoisotopic (exact) mass is 274 g/mol. The van der Waals surface area contributed by atoms with Gasteiger partial charge in [-0.25, -0.2) is 4.98 Å². The summed E-state index contributed by atoms with van der Waals surface area (Å²) in [7, 11) is 0. The highest BCUT2D eigenvalue weighted by molar-refractivity contribution is 7.09. The van der Waals surface area contributed by atoms with Gasteiger partial charge >= 0.3 is 0 Å². The number of rotatable bonds is 5. The van der Waals surface area contributed by atoms with Crippen molar-refractivity contribution in [1.29, 1.82) is 0 Å². The maximum atomic E-state index is 11.1. The molecule has 1 amide bonds. The van der Waals surface area contributed by atoms with Crippen LogP contribution in [0.5, 0.6) is 0 Å². The Bertz CT molecular complexity index is 565. The minimum atomic E-state index is -0.262. The first kappa shape index (κ1) is 13.4. The molecule has 5 nitrogen and oxygen atoms in total. The molecule has 2 rings (SSSR count). The van der Waals surface area contributed by atoms with Crippen molar-refractivity contribution in [3.63, 3.8) is 0 Å². The molecule has 3 N–H and O–H groups in total. The van der Waals surface area contributed by atoms with Gasteiger partial charge in [-0.2, -0.15) is 4.37 Å². The molecular weight excluding hydrogens is 260 g/mol. The van der Waals surface area contributed by atoms with E-state index >= 15 is 0 Å². The highest BCUT2D eigenvalue weighted by Gasteiger charge is 2.05. The molecular formula is C13H14N4OS. The lowest BCUT2D eigenvalue weighted by Gasteiger charge is -1.94. The molecule has 0 saturated carbocycles. The lowest BCUT2D eigenvalue weighted by molar-refractivity contribution is -0.114. The Hall–Kier alpha value is -2.05. The highest BCUT2D eigenvalue weighted by atomic mass is 32.1. The Morgan fingerprint density at radius 1 is 1.37 bits per heavy atom. The van der Waals surface area contributed by atoms with Crippen molar-refractivity contribution in [1.82, 2.24) is 9.36 Å². The van der Waals surface area contributed by atoms with Crippen LogP contribution in [-0.2, 0) is 11.2 Å². The molecule has 0 aliphatic carbocycles. The number of nitrogens with two attached hydrogens (primary N) is 1. The fourth-order valence-electron chi connectivity index (χ4n) is 1.42. The zero-order valence-electron chi connectivity index (χ0n) is 10.2. The number of allylic oxidation sites excluding steroid dienone is 1. The summed E-state index contributed by atoms with van der Waals surface area (Å²) in [6.07, 6.45) is 4.63. The first-order valence-corrected chi connectivity index (χ1v) is 6.59. The van der Waals surface area contributed by atoms with E-state index in [1.807, 2.05) is 42.5 Å². The third-order valence-electron chi connectivity index (χ3n) is 2.31. The van der Waals surface area contributed by atoms with Crippen molar-refractivity contribution in [3.05, 3.63) is 47.8 Å². The number of carbonyl (C=O) groups excluding carboxylic acids is 1. The normalized spacial score (nSPS) is 10.8. The Morgan fingerprint density at radius 3 is 2.89 bits per heavy atom. The van der Waals surface area contributed by atoms with Gasteiger partial charge in [-0.3, -0.25) is 10.1 Å². The summed E-state index contributed by atoms with van der Waals surface area (Å²) in [5, 5.41) is 3.06. The van der Waals surface area contributed by atoms with Gasteiger partial charge in [0.15, 0.2) is 0 Å². The SMILES string of the molecule is NCC(=O)Nc1nc(CC=Cc2ccccc2)ns1. The third-order valence-corrected chi connectivity index (χ3v) is 2.98. The van der Waals surface area contributed by atoms with E-state index in [1.165, 1.54) is 0 Å². The van der Waals surface area contributed by atoms with Crippen LogP contribution < -0.4 is 11.1 Å². The average Bonchev–Trinajstić information content (AvgIpc) is 2.87. The van der Waals surface area contributed by atoms with Gasteiger partial charge in [0.2, 0.25) is 11.0 Å². The minimum Gasteiger partial charge on any atom is -0.322 e. The second-order valence-electron chi connectivity index (χ2n) is 3.79. The van der Waals surface area contributed by atoms with E-state index in [0.29, 0.717) is 17.4 Å². The number of nitrogens with zero attached hydrogens (tertiary/aromatic N) is 2. The second kappa shape index (κ2) is 6.77. The lowest BCUT2D eigenvalue weighted by Crippen LogP contribution is -2.21. The molecule has 0 spiro atoms. The first-order valence-electron chi connectivity index (χ1n) is 5.82. The van der Waals surface area contributed by atoms with Crippen LogP contribution in [0.4, 0.5) is 5.13 Å². The standard InChI is InChI=1S/C13H14N4OS/c14-9-12(18)16-13-15-11(17-19-13)8-4-7-10-5-2-1-3-6-10/h1-7H,8-9,14H2,(H,15,16,17,18). The molecule has 1 heterocycles. The van der Waals surface area contributed by atoms with Crippen LogP contribution in [0.2, 0.25) is 0 Å². The molecule has 98 valence electrons. The van der Waals surface area contributed by atoms with Crippen LogP contribution >= 0.6 is 11.5 Å². The average molecular weight is 274 g/mol. The number of carbonyl (C=O) groups is 1. The molecule has 0 fully saturated rings. The summed E-state index contributed by atoms with van der Waals surface area (Å²) in [5.41, 5.74) is 6.34. The van der Waals surface area contributed by atoms with Crippen molar-refractivity contribution in [2.24, 2.45) is 5.73 Å². The molecule has 0 aliphatic heterocycles. The van der Waals surface area contributed by atoms with Gasteiger partial charge in [-0.15, -0.1) is 0 Å². The molecule has 1 aromatic carbocycles. The molecule has 0 aliphatic rings. The van der Waals surface area contributed by atoms with E-state index in [4.69, 9.17) is 5.73 Å². The maximum Gasteiger partial charge on any atom is 0.239 e. The lowest BCUT2D eigenvalue weighted by atomic mass is 10.2. The highest BCUT2D eigenvalue weighted by Crippen LogP contribution is 2.11. The van der Waals surface area contributed by atoms with Gasteiger partial charge in [-0.1, -0.05) is 42.5 Å². The molecule has 0 unspecified atom stereocenters. The predicted molar refractivity (Wildman–Crippen MR) is 76.8 cm³/mol. The van der Waals surface area contributed by atoms with Crippen molar-refractivity contribution in [3.8, 4) is 0 Å². The zero-order chi connectivity index (χ0) is 13.5. The fraction of sp³-hybridized carbons (Fsp3) is 0.154. The molecule has 2 aromatic rings. The van der Waals surface area contributed by atoms with Gasteiger partial charge in [0.05, 0.1) is 6.54 Å². The van der Waals surface area contributed by atoms with E-state index in [2.05, 4.69) is 14.7 Å². The third kappa shape index (κ3) is 4.27. The molecule has 0 atom stereocenters. The quantitative estimate of drug-likeness (QED) is 0.869. The minimum absolute atomic E-state index is 0.0528. The second-order valence-corrected chi connectivity index (χ2v) is 4.54. The van der Waals surface area contributed by atoms with Crippen molar-refractivity contribution in [2.45, 2.75) is 6.42 Å². The first-order chi connectivity index (χ1) is 9.28. The molecule has 1 aromatic heterocycles. The van der Waals surface area contributed by atoms with E-state index in [0.717, 1.165) is 17.1 Å². The van der Waals surface area contributed by atoms with Crippen LogP contribution in [0.25, 0.3) is 6.08 Å². The van der Waals surface area contributed by atoms with Gasteiger partial charge in [0, 0.05) is 18.0 Å². The summed E-state index contributed by atoms with van der Waals surface area (Å²) >= 11 is 1.16. The maximum absolute atomic E-state index is 11.1. The molecule has 0 radical (unpaired) electrons. The van der Waals surface area contributed by atoms with Crippen molar-refractivity contribution < 1.29 is 4.79 Å². The number of anilines is 1. The molecule has 0 saturated heterocycles. The number of hydrogen-bond acceptors (Lipinski definition) is 5. The predicted octanol–water partition coefficient (Wildman–Crippen LogP) is 1.69. The van der Waals surface area contributed by atoms with Crippen LogP contribution in [0, 0.1) is 0 Å². The number of amides is 1. The topological polar surface area (TPSA) is 80.9 Å². The van der Waals surface area contributed by atoms with Crippen LogP contribution in [0.1, 0.15) is 11.4 Å². The van der Waals surface area contributed by atoms with Crippen LogP contribution in [0.3, 0.4) is 0 Å². The van der Waals surface area contributed by atoms with Gasteiger partial charge in [-0.05, 0) is 5.56 Å². The summed E-state index contributed by atoms with van der Waals surface area (Å²) in [4.78, 5) is 15.3. The summed E-state index contributed by atoms with van der Waals surface area (Å²) in [6.45, 7) is -0.0528. The largest absolute Gasteiger partial charge is 0.322 e. The van der Waals surface area contributed by atoms with Gasteiger partial charge in [0.25, 0.3) is 0 Å². The Balaban J connectivity index is 1.90. The molecule has 6 heteroatoms.